The van der Waals surface area contributed by atoms with Gasteiger partial charge in [0.2, 0.25) is 0 Å². The highest BCUT2D eigenvalue weighted by atomic mass is 32.2. The fourth-order valence-corrected chi connectivity index (χ4v) is 4.42. The van der Waals surface area contributed by atoms with E-state index in [4.69, 9.17) is 9.47 Å². The fraction of sp³-hybridized carbons (Fsp3) is 0.381. The summed E-state index contributed by atoms with van der Waals surface area (Å²) in [6.07, 6.45) is 1.41. The zero-order valence-corrected chi connectivity index (χ0v) is 17.3. The number of nitrogens with one attached hydrogen (secondary N) is 1. The van der Waals surface area contributed by atoms with Crippen molar-refractivity contribution in [3.05, 3.63) is 48.5 Å². The molecule has 2 aromatic rings. The zero-order valence-electron chi connectivity index (χ0n) is 16.5. The van der Waals surface area contributed by atoms with Crippen LogP contribution in [0.25, 0.3) is 11.1 Å². The van der Waals surface area contributed by atoms with E-state index in [-0.39, 0.29) is 5.92 Å². The van der Waals surface area contributed by atoms with Gasteiger partial charge in [0.25, 0.3) is 0 Å². The van der Waals surface area contributed by atoms with Gasteiger partial charge in [-0.3, -0.25) is 8.51 Å². The number of ether oxygens (including phenoxy) is 2. The summed E-state index contributed by atoms with van der Waals surface area (Å²) in [5.41, 5.74) is 2.35. The van der Waals surface area contributed by atoms with Crippen LogP contribution in [0.2, 0.25) is 0 Å². The van der Waals surface area contributed by atoms with E-state index in [2.05, 4.69) is 5.32 Å². The number of benzene rings is 2. The van der Waals surface area contributed by atoms with Crippen molar-refractivity contribution < 1.29 is 23.0 Å². The predicted octanol–water partition coefficient (Wildman–Crippen LogP) is 2.50. The van der Waals surface area contributed by atoms with Gasteiger partial charge in [-0.1, -0.05) is 24.3 Å². The Morgan fingerprint density at radius 3 is 2.10 bits per heavy atom. The molecule has 2 atom stereocenters. The molecule has 0 aromatic heterocycles. The minimum absolute atomic E-state index is 0.108. The molecule has 1 heterocycles. The number of carbonyl (C=O) groups is 1. The molecule has 3 rings (SSSR count). The third-order valence-corrected chi connectivity index (χ3v) is 5.99. The van der Waals surface area contributed by atoms with Crippen molar-refractivity contribution in [3.8, 4) is 16.9 Å². The number of nitrogens with zero attached hydrogens (tertiary/aromatic N) is 1. The van der Waals surface area contributed by atoms with E-state index in [1.54, 1.807) is 19.2 Å². The number of carbonyl (C=O) groups excluding carboxylic acids is 1. The standard InChI is InChI=1S/C21H26N2O5S/c1-27-19-9-5-16(6-10-19)15-3-7-18(8-4-15)23(29(25)26)20(21(24)28-2)17-11-13-22-14-12-17/h3-10,17,20,22H,11-14H2,1-2H3,(H,25,26)/p-1. The van der Waals surface area contributed by atoms with Crippen molar-refractivity contribution in [2.45, 2.75) is 18.9 Å². The molecule has 1 aliphatic rings. The van der Waals surface area contributed by atoms with Crippen LogP contribution in [-0.2, 0) is 20.8 Å². The summed E-state index contributed by atoms with van der Waals surface area (Å²) in [4.78, 5) is 12.5. The Balaban J connectivity index is 1.90. The Hall–Kier alpha value is -2.42. The maximum atomic E-state index is 12.5. The Morgan fingerprint density at radius 1 is 1.07 bits per heavy atom. The van der Waals surface area contributed by atoms with Crippen molar-refractivity contribution >= 4 is 22.9 Å². The van der Waals surface area contributed by atoms with E-state index in [0.717, 1.165) is 34.3 Å². The van der Waals surface area contributed by atoms with E-state index >= 15 is 0 Å². The lowest BCUT2D eigenvalue weighted by Gasteiger charge is -2.38. The number of anilines is 1. The highest BCUT2D eigenvalue weighted by molar-refractivity contribution is 7.80. The summed E-state index contributed by atoms with van der Waals surface area (Å²) < 4.78 is 35.5. The van der Waals surface area contributed by atoms with Crippen LogP contribution >= 0.6 is 0 Å². The van der Waals surface area contributed by atoms with E-state index in [9.17, 15) is 13.6 Å². The molecular weight excluding hydrogens is 392 g/mol. The monoisotopic (exact) mass is 417 g/mol. The Labute approximate surface area is 173 Å². The van der Waals surface area contributed by atoms with Gasteiger partial charge in [-0.2, -0.15) is 0 Å². The topological polar surface area (TPSA) is 90.9 Å². The molecule has 1 N–H and O–H groups in total. The molecule has 29 heavy (non-hydrogen) atoms. The summed E-state index contributed by atoms with van der Waals surface area (Å²) in [5.74, 6) is 0.115. The molecule has 0 bridgehead atoms. The minimum Gasteiger partial charge on any atom is -0.755 e. The smallest absolute Gasteiger partial charge is 0.329 e. The summed E-state index contributed by atoms with van der Waals surface area (Å²) >= 11 is -2.62. The van der Waals surface area contributed by atoms with Gasteiger partial charge in [0.15, 0.2) is 0 Å². The Bertz CT molecular complexity index is 835. The molecule has 0 radical (unpaired) electrons. The van der Waals surface area contributed by atoms with Gasteiger partial charge in [0, 0.05) is 17.0 Å². The van der Waals surface area contributed by atoms with Crippen LogP contribution in [0.4, 0.5) is 5.69 Å². The quantitative estimate of drug-likeness (QED) is 0.550. The van der Waals surface area contributed by atoms with Crippen LogP contribution in [-0.4, -0.2) is 48.1 Å². The SMILES string of the molecule is COC(=O)C(C1CCNCC1)N(c1ccc(-c2ccc(OC)cc2)cc1)S(=O)[O-]. The zero-order chi connectivity index (χ0) is 20.8. The van der Waals surface area contributed by atoms with Gasteiger partial charge < -0.3 is 19.3 Å². The third-order valence-electron chi connectivity index (χ3n) is 5.23. The molecule has 2 unspecified atom stereocenters. The second-order valence-corrected chi connectivity index (χ2v) is 7.70. The van der Waals surface area contributed by atoms with Gasteiger partial charge in [-0.25, -0.2) is 4.79 Å². The number of piperidine rings is 1. The summed E-state index contributed by atoms with van der Waals surface area (Å²) in [5, 5.41) is 3.23. The lowest BCUT2D eigenvalue weighted by molar-refractivity contribution is -0.143. The second kappa shape index (κ2) is 9.87. The van der Waals surface area contributed by atoms with Crippen LogP contribution in [0.15, 0.2) is 48.5 Å². The highest BCUT2D eigenvalue weighted by Crippen LogP contribution is 2.30. The molecule has 8 heteroatoms. The molecule has 0 saturated carbocycles. The van der Waals surface area contributed by atoms with Gasteiger partial charge in [0.05, 0.1) is 14.2 Å². The molecule has 1 fully saturated rings. The molecule has 0 amide bonds. The van der Waals surface area contributed by atoms with Crippen molar-refractivity contribution in [1.29, 1.82) is 0 Å². The minimum atomic E-state index is -2.62. The maximum absolute atomic E-state index is 12.5. The van der Waals surface area contributed by atoms with Gasteiger partial charge in [-0.15, -0.1) is 0 Å². The summed E-state index contributed by atoms with van der Waals surface area (Å²) in [7, 11) is 2.90. The predicted molar refractivity (Wildman–Crippen MR) is 111 cm³/mol. The number of hydrogen-bond acceptors (Lipinski definition) is 6. The third kappa shape index (κ3) is 4.95. The van der Waals surface area contributed by atoms with E-state index < -0.39 is 23.3 Å². The molecule has 156 valence electrons. The number of methoxy groups -OCH3 is 2. The average molecular weight is 418 g/mol. The molecule has 1 aliphatic heterocycles. The first-order chi connectivity index (χ1) is 14.0. The van der Waals surface area contributed by atoms with Gasteiger partial charge >= 0.3 is 5.97 Å². The largest absolute Gasteiger partial charge is 0.755 e. The van der Waals surface area contributed by atoms with Gasteiger partial charge in [0.1, 0.15) is 11.8 Å². The first kappa shape index (κ1) is 21.3. The second-order valence-electron chi connectivity index (χ2n) is 6.87. The van der Waals surface area contributed by atoms with Crippen LogP contribution in [0.5, 0.6) is 5.75 Å². The molecule has 7 nitrogen and oxygen atoms in total. The molecular formula is C21H25N2O5S-. The average Bonchev–Trinajstić information content (AvgIpc) is 2.77. The normalized spacial score (nSPS) is 16.7. The summed E-state index contributed by atoms with van der Waals surface area (Å²) in [6, 6.07) is 13.8. The molecule has 2 aromatic carbocycles. The van der Waals surface area contributed by atoms with Crippen molar-refractivity contribution in [2.24, 2.45) is 5.92 Å². The van der Waals surface area contributed by atoms with Crippen molar-refractivity contribution in [2.75, 3.05) is 31.6 Å². The molecule has 0 aliphatic carbocycles. The first-order valence-electron chi connectivity index (χ1n) is 9.46. The number of esters is 1. The van der Waals surface area contributed by atoms with Crippen molar-refractivity contribution in [1.82, 2.24) is 5.32 Å². The molecule has 0 spiro atoms. The highest BCUT2D eigenvalue weighted by Gasteiger charge is 2.36. The summed E-state index contributed by atoms with van der Waals surface area (Å²) in [6.45, 7) is 1.49. The van der Waals surface area contributed by atoms with Crippen LogP contribution in [0.3, 0.4) is 0 Å². The van der Waals surface area contributed by atoms with E-state index in [0.29, 0.717) is 18.5 Å². The lowest BCUT2D eigenvalue weighted by atomic mass is 9.90. The van der Waals surface area contributed by atoms with Gasteiger partial charge in [-0.05, 0) is 67.2 Å². The Morgan fingerprint density at radius 2 is 1.62 bits per heavy atom. The maximum Gasteiger partial charge on any atom is 0.329 e. The number of hydrogen-bond donors (Lipinski definition) is 1. The van der Waals surface area contributed by atoms with E-state index in [1.807, 2.05) is 36.4 Å². The molecule has 1 saturated heterocycles. The van der Waals surface area contributed by atoms with E-state index in [1.165, 1.54) is 7.11 Å². The van der Waals surface area contributed by atoms with Crippen LogP contribution in [0.1, 0.15) is 12.8 Å². The number of rotatable bonds is 7. The Kier molecular flexibility index (Phi) is 7.24. The van der Waals surface area contributed by atoms with Crippen molar-refractivity contribution in [3.63, 3.8) is 0 Å². The lowest BCUT2D eigenvalue weighted by Crippen LogP contribution is -2.50. The first-order valence-corrected chi connectivity index (χ1v) is 10.5. The van der Waals surface area contributed by atoms with Crippen LogP contribution in [0, 0.1) is 5.92 Å². The fourth-order valence-electron chi connectivity index (χ4n) is 3.68. The van der Waals surface area contributed by atoms with Crippen LogP contribution < -0.4 is 14.4 Å².